The van der Waals surface area contributed by atoms with Crippen molar-refractivity contribution in [2.75, 3.05) is 11.1 Å². The van der Waals surface area contributed by atoms with E-state index in [1.807, 2.05) is 6.07 Å². The standard InChI is InChI=1S/C13H12N2O2/c14-11-6-5-9(7-12(11)15-8-16)10-3-1-2-4-13(10)17/h1-8,17H,14H2,(H,15,16). The van der Waals surface area contributed by atoms with E-state index < -0.39 is 0 Å². The van der Waals surface area contributed by atoms with E-state index in [-0.39, 0.29) is 5.75 Å². The number of nitrogens with two attached hydrogens (primary N) is 1. The maximum Gasteiger partial charge on any atom is 0.211 e. The number of phenols is 1. The molecule has 4 N–H and O–H groups in total. The zero-order chi connectivity index (χ0) is 12.3. The van der Waals surface area contributed by atoms with Crippen LogP contribution in [0.3, 0.4) is 0 Å². The molecule has 0 aromatic heterocycles. The molecule has 4 nitrogen and oxygen atoms in total. The monoisotopic (exact) mass is 228 g/mol. The molecule has 0 bridgehead atoms. The predicted octanol–water partition coefficient (Wildman–Crippen LogP) is 2.21. The fourth-order valence-corrected chi connectivity index (χ4v) is 1.63. The van der Waals surface area contributed by atoms with Crippen molar-refractivity contribution in [2.45, 2.75) is 0 Å². The van der Waals surface area contributed by atoms with E-state index in [0.717, 1.165) is 5.56 Å². The lowest BCUT2D eigenvalue weighted by Crippen LogP contribution is -1.99. The van der Waals surface area contributed by atoms with Crippen molar-refractivity contribution in [3.05, 3.63) is 42.5 Å². The van der Waals surface area contributed by atoms with Crippen LogP contribution in [-0.2, 0) is 4.79 Å². The molecule has 0 saturated carbocycles. The first-order valence-electron chi connectivity index (χ1n) is 5.10. The molecule has 86 valence electrons. The Balaban J connectivity index is 2.50. The number of carbonyl (C=O) groups is 1. The van der Waals surface area contributed by atoms with E-state index in [1.54, 1.807) is 36.4 Å². The van der Waals surface area contributed by atoms with E-state index in [1.165, 1.54) is 0 Å². The Morgan fingerprint density at radius 1 is 1.18 bits per heavy atom. The van der Waals surface area contributed by atoms with Gasteiger partial charge in [-0.3, -0.25) is 4.79 Å². The zero-order valence-corrected chi connectivity index (χ0v) is 9.05. The second-order valence-corrected chi connectivity index (χ2v) is 3.58. The van der Waals surface area contributed by atoms with Crippen molar-refractivity contribution in [3.63, 3.8) is 0 Å². The van der Waals surface area contributed by atoms with E-state index >= 15 is 0 Å². The highest BCUT2D eigenvalue weighted by atomic mass is 16.3. The number of nitrogen functional groups attached to an aromatic ring is 1. The smallest absolute Gasteiger partial charge is 0.211 e. The van der Waals surface area contributed by atoms with Gasteiger partial charge in [0.1, 0.15) is 5.75 Å². The summed E-state index contributed by atoms with van der Waals surface area (Å²) in [5.41, 5.74) is 8.21. The molecular weight excluding hydrogens is 216 g/mol. The van der Waals surface area contributed by atoms with Crippen molar-refractivity contribution >= 4 is 17.8 Å². The van der Waals surface area contributed by atoms with Crippen LogP contribution in [0.5, 0.6) is 5.75 Å². The lowest BCUT2D eigenvalue weighted by Gasteiger charge is -2.08. The summed E-state index contributed by atoms with van der Waals surface area (Å²) in [5.74, 6) is 0.189. The Bertz CT molecular complexity index is 553. The lowest BCUT2D eigenvalue weighted by molar-refractivity contribution is -0.105. The van der Waals surface area contributed by atoms with Gasteiger partial charge >= 0.3 is 0 Å². The Hall–Kier alpha value is -2.49. The molecule has 1 amide bonds. The van der Waals surface area contributed by atoms with Gasteiger partial charge in [-0.2, -0.15) is 0 Å². The number of aromatic hydroxyl groups is 1. The van der Waals surface area contributed by atoms with Crippen molar-refractivity contribution in [2.24, 2.45) is 0 Å². The highest BCUT2D eigenvalue weighted by Gasteiger charge is 2.05. The maximum atomic E-state index is 10.4. The molecule has 0 radical (unpaired) electrons. The summed E-state index contributed by atoms with van der Waals surface area (Å²) in [7, 11) is 0. The molecule has 0 aliphatic carbocycles. The highest BCUT2D eigenvalue weighted by Crippen LogP contribution is 2.32. The quantitative estimate of drug-likeness (QED) is 0.557. The highest BCUT2D eigenvalue weighted by molar-refractivity contribution is 5.84. The summed E-state index contributed by atoms with van der Waals surface area (Å²) in [4.78, 5) is 10.4. The number of rotatable bonds is 3. The molecule has 0 saturated heterocycles. The molecule has 0 atom stereocenters. The fraction of sp³-hybridized carbons (Fsp3) is 0. The molecular formula is C13H12N2O2. The summed E-state index contributed by atoms with van der Waals surface area (Å²) in [5, 5.41) is 12.3. The average Bonchev–Trinajstić information content (AvgIpc) is 2.33. The van der Waals surface area contributed by atoms with Gasteiger partial charge in [-0.05, 0) is 23.8 Å². The molecule has 2 aromatic carbocycles. The molecule has 2 rings (SSSR count). The van der Waals surface area contributed by atoms with Gasteiger partial charge in [0, 0.05) is 5.56 Å². The van der Waals surface area contributed by atoms with Crippen molar-refractivity contribution in [1.29, 1.82) is 0 Å². The van der Waals surface area contributed by atoms with Crippen LogP contribution in [0.25, 0.3) is 11.1 Å². The van der Waals surface area contributed by atoms with Gasteiger partial charge in [-0.25, -0.2) is 0 Å². The van der Waals surface area contributed by atoms with Gasteiger partial charge in [0.15, 0.2) is 0 Å². The number of nitrogens with one attached hydrogen (secondary N) is 1. The number of hydrogen-bond acceptors (Lipinski definition) is 3. The number of amides is 1. The third kappa shape index (κ3) is 2.20. The van der Waals surface area contributed by atoms with Gasteiger partial charge in [0.25, 0.3) is 0 Å². The van der Waals surface area contributed by atoms with E-state index in [4.69, 9.17) is 5.73 Å². The summed E-state index contributed by atoms with van der Waals surface area (Å²) in [6.45, 7) is 0. The number of benzene rings is 2. The molecule has 0 aliphatic rings. The van der Waals surface area contributed by atoms with Gasteiger partial charge < -0.3 is 16.2 Å². The first kappa shape index (κ1) is 11.0. The van der Waals surface area contributed by atoms with Crippen LogP contribution < -0.4 is 11.1 Å². The average molecular weight is 228 g/mol. The van der Waals surface area contributed by atoms with Crippen molar-refractivity contribution < 1.29 is 9.90 Å². The van der Waals surface area contributed by atoms with Crippen molar-refractivity contribution in [1.82, 2.24) is 0 Å². The first-order valence-corrected chi connectivity index (χ1v) is 5.10. The van der Waals surface area contributed by atoms with Crippen LogP contribution in [0, 0.1) is 0 Å². The molecule has 0 fully saturated rings. The zero-order valence-electron chi connectivity index (χ0n) is 9.05. The molecule has 0 aliphatic heterocycles. The van der Waals surface area contributed by atoms with E-state index in [9.17, 15) is 9.90 Å². The van der Waals surface area contributed by atoms with Crippen LogP contribution in [0.1, 0.15) is 0 Å². The Kier molecular flexibility index (Phi) is 2.96. The van der Waals surface area contributed by atoms with Gasteiger partial charge in [0.2, 0.25) is 6.41 Å². The Morgan fingerprint density at radius 3 is 2.65 bits per heavy atom. The maximum absolute atomic E-state index is 10.4. The normalized spacial score (nSPS) is 9.88. The second-order valence-electron chi connectivity index (χ2n) is 3.58. The topological polar surface area (TPSA) is 75.3 Å². The molecule has 4 heteroatoms. The Morgan fingerprint density at radius 2 is 1.94 bits per heavy atom. The molecule has 0 unspecified atom stereocenters. The van der Waals surface area contributed by atoms with Crippen LogP contribution >= 0.6 is 0 Å². The van der Waals surface area contributed by atoms with E-state index in [2.05, 4.69) is 5.32 Å². The SMILES string of the molecule is Nc1ccc(-c2ccccc2O)cc1NC=O. The summed E-state index contributed by atoms with van der Waals surface area (Å²) in [6, 6.07) is 12.2. The van der Waals surface area contributed by atoms with Gasteiger partial charge in [-0.15, -0.1) is 0 Å². The number of para-hydroxylation sites is 1. The van der Waals surface area contributed by atoms with E-state index in [0.29, 0.717) is 23.3 Å². The molecule has 2 aromatic rings. The molecule has 0 spiro atoms. The number of phenolic OH excluding ortho intramolecular Hbond substituents is 1. The minimum Gasteiger partial charge on any atom is -0.507 e. The van der Waals surface area contributed by atoms with Gasteiger partial charge in [0.05, 0.1) is 11.4 Å². The fourth-order valence-electron chi connectivity index (χ4n) is 1.63. The lowest BCUT2D eigenvalue weighted by atomic mass is 10.0. The van der Waals surface area contributed by atoms with Crippen molar-refractivity contribution in [3.8, 4) is 16.9 Å². The predicted molar refractivity (Wildman–Crippen MR) is 67.6 cm³/mol. The third-order valence-corrected chi connectivity index (χ3v) is 2.48. The largest absolute Gasteiger partial charge is 0.507 e. The van der Waals surface area contributed by atoms with Crippen LogP contribution in [0.4, 0.5) is 11.4 Å². The molecule has 0 heterocycles. The number of anilines is 2. The Labute approximate surface area is 98.7 Å². The molecule has 17 heavy (non-hydrogen) atoms. The summed E-state index contributed by atoms with van der Waals surface area (Å²) < 4.78 is 0. The van der Waals surface area contributed by atoms with Crippen LogP contribution in [-0.4, -0.2) is 11.5 Å². The second kappa shape index (κ2) is 4.57. The van der Waals surface area contributed by atoms with Gasteiger partial charge in [-0.1, -0.05) is 24.3 Å². The third-order valence-electron chi connectivity index (χ3n) is 2.48. The number of hydrogen-bond donors (Lipinski definition) is 3. The first-order chi connectivity index (χ1) is 8.22. The van der Waals surface area contributed by atoms with Crippen LogP contribution in [0.2, 0.25) is 0 Å². The minimum absolute atomic E-state index is 0.189. The minimum atomic E-state index is 0.189. The number of carbonyl (C=O) groups excluding carboxylic acids is 1. The summed E-state index contributed by atoms with van der Waals surface area (Å²) >= 11 is 0. The summed E-state index contributed by atoms with van der Waals surface area (Å²) in [6.07, 6.45) is 0.570. The van der Waals surface area contributed by atoms with Crippen LogP contribution in [0.15, 0.2) is 42.5 Å².